The fourth-order valence-electron chi connectivity index (χ4n) is 2.11. The molecular weight excluding hydrogens is 361 g/mol. The van der Waals surface area contributed by atoms with Gasteiger partial charge in [-0.15, -0.1) is 10.2 Å². The van der Waals surface area contributed by atoms with Crippen LogP contribution in [0.3, 0.4) is 0 Å². The highest BCUT2D eigenvalue weighted by Crippen LogP contribution is 2.29. The highest BCUT2D eigenvalue weighted by atomic mass is 35.5. The Morgan fingerprint density at radius 2 is 1.96 bits per heavy atom. The maximum atomic E-state index is 12.2. The number of carbonyl (C=O) groups is 1. The molecule has 0 atom stereocenters. The van der Waals surface area contributed by atoms with E-state index in [1.165, 1.54) is 4.52 Å². The number of H-pyrrole nitrogens is 1. The molecule has 1 aromatic carbocycles. The lowest BCUT2D eigenvalue weighted by atomic mass is 10.2. The lowest BCUT2D eigenvalue weighted by Crippen LogP contribution is -2.30. The highest BCUT2D eigenvalue weighted by molar-refractivity contribution is 6.42. The van der Waals surface area contributed by atoms with Gasteiger partial charge in [0.25, 0.3) is 5.91 Å². The molecule has 23 heavy (non-hydrogen) atoms. The molecule has 0 spiro atoms. The van der Waals surface area contributed by atoms with Crippen molar-refractivity contribution in [3.8, 4) is 11.4 Å². The molecule has 0 aliphatic carbocycles. The maximum absolute atomic E-state index is 12.2. The Bertz CT molecular complexity index is 899. The first-order valence-corrected chi connectivity index (χ1v) is 7.90. The number of rotatable bonds is 3. The number of hydrogen-bond donors (Lipinski definition) is 2. The fourth-order valence-corrected chi connectivity index (χ4v) is 2.66. The molecule has 0 saturated carbocycles. The Balaban J connectivity index is 2.10. The van der Waals surface area contributed by atoms with Crippen molar-refractivity contribution in [3.05, 3.63) is 39.0 Å². The van der Waals surface area contributed by atoms with Crippen LogP contribution in [0.2, 0.25) is 15.1 Å². The van der Waals surface area contributed by atoms with Gasteiger partial charge < -0.3 is 5.32 Å². The van der Waals surface area contributed by atoms with E-state index in [9.17, 15) is 4.79 Å². The Morgan fingerprint density at radius 3 is 2.61 bits per heavy atom. The number of nitrogens with zero attached hydrogens (tertiary/aromatic N) is 3. The first-order chi connectivity index (χ1) is 10.9. The molecule has 3 aromatic rings. The number of aromatic amines is 1. The van der Waals surface area contributed by atoms with Crippen LogP contribution in [0.15, 0.2) is 18.2 Å². The molecule has 0 saturated heterocycles. The minimum atomic E-state index is -0.310. The topological polar surface area (TPSA) is 75.1 Å². The van der Waals surface area contributed by atoms with Gasteiger partial charge in [-0.05, 0) is 32.0 Å². The molecule has 0 fully saturated rings. The van der Waals surface area contributed by atoms with Crippen LogP contribution in [-0.4, -0.2) is 31.8 Å². The van der Waals surface area contributed by atoms with Gasteiger partial charge in [0.2, 0.25) is 0 Å². The van der Waals surface area contributed by atoms with Crippen LogP contribution < -0.4 is 5.32 Å². The summed E-state index contributed by atoms with van der Waals surface area (Å²) in [5.41, 5.74) is 1.29. The number of fused-ring (bicyclic) bond motifs is 1. The van der Waals surface area contributed by atoms with Crippen molar-refractivity contribution in [2.75, 3.05) is 0 Å². The maximum Gasteiger partial charge on any atom is 0.271 e. The SMILES string of the molecule is CC(C)NC(=O)c1[nH]n2c(-c3ccc(Cl)c(Cl)c3)nnc2c1Cl. The molecule has 0 bridgehead atoms. The van der Waals surface area contributed by atoms with E-state index in [-0.39, 0.29) is 22.7 Å². The summed E-state index contributed by atoms with van der Waals surface area (Å²) in [5.74, 6) is 0.166. The molecule has 0 radical (unpaired) electrons. The number of halogens is 3. The van der Waals surface area contributed by atoms with Crippen molar-refractivity contribution in [2.24, 2.45) is 0 Å². The monoisotopic (exact) mass is 371 g/mol. The zero-order valence-electron chi connectivity index (χ0n) is 12.2. The first-order valence-electron chi connectivity index (χ1n) is 6.77. The van der Waals surface area contributed by atoms with Gasteiger partial charge in [-0.3, -0.25) is 9.89 Å². The third-order valence-electron chi connectivity index (χ3n) is 3.13. The van der Waals surface area contributed by atoms with Gasteiger partial charge in [0.1, 0.15) is 10.7 Å². The number of amides is 1. The molecule has 9 heteroatoms. The van der Waals surface area contributed by atoms with E-state index >= 15 is 0 Å². The van der Waals surface area contributed by atoms with Crippen molar-refractivity contribution >= 4 is 46.4 Å². The Hall–Kier alpha value is -1.76. The van der Waals surface area contributed by atoms with Gasteiger partial charge in [0.05, 0.1) is 10.0 Å². The van der Waals surface area contributed by atoms with Crippen LogP contribution in [0.4, 0.5) is 0 Å². The van der Waals surface area contributed by atoms with Crippen LogP contribution in [-0.2, 0) is 0 Å². The van der Waals surface area contributed by atoms with E-state index in [4.69, 9.17) is 34.8 Å². The average Bonchev–Trinajstić information content (AvgIpc) is 3.02. The second kappa shape index (κ2) is 6.03. The number of nitrogens with one attached hydrogen (secondary N) is 2. The van der Waals surface area contributed by atoms with Crippen LogP contribution in [0.1, 0.15) is 24.3 Å². The summed E-state index contributed by atoms with van der Waals surface area (Å²) in [7, 11) is 0. The van der Waals surface area contributed by atoms with Crippen molar-refractivity contribution in [2.45, 2.75) is 19.9 Å². The number of benzene rings is 1. The summed E-state index contributed by atoms with van der Waals surface area (Å²) in [5, 5.41) is 14.9. The fraction of sp³-hybridized carbons (Fsp3) is 0.214. The lowest BCUT2D eigenvalue weighted by Gasteiger charge is -2.06. The standard InChI is InChI=1S/C14H12Cl3N5O/c1-6(2)18-14(23)11-10(17)13-20-19-12(22(13)21-11)7-3-4-8(15)9(16)5-7/h3-6,21H,1-2H3,(H,18,23). The van der Waals surface area contributed by atoms with E-state index in [1.54, 1.807) is 18.2 Å². The second-order valence-corrected chi connectivity index (χ2v) is 6.43. The zero-order chi connectivity index (χ0) is 16.7. The smallest absolute Gasteiger partial charge is 0.271 e. The summed E-state index contributed by atoms with van der Waals surface area (Å²) >= 11 is 18.2. The van der Waals surface area contributed by atoms with Crippen LogP contribution in [0, 0.1) is 0 Å². The van der Waals surface area contributed by atoms with Gasteiger partial charge >= 0.3 is 0 Å². The first kappa shape index (κ1) is 16.1. The number of aromatic nitrogens is 4. The second-order valence-electron chi connectivity index (χ2n) is 5.24. The van der Waals surface area contributed by atoms with E-state index < -0.39 is 0 Å². The van der Waals surface area contributed by atoms with Crippen LogP contribution >= 0.6 is 34.8 Å². The summed E-state index contributed by atoms with van der Waals surface area (Å²) in [6.07, 6.45) is 0. The molecular formula is C14H12Cl3N5O. The van der Waals surface area contributed by atoms with E-state index in [2.05, 4.69) is 20.6 Å². The molecule has 2 N–H and O–H groups in total. The molecule has 0 aliphatic heterocycles. The quantitative estimate of drug-likeness (QED) is 0.734. The van der Waals surface area contributed by atoms with Crippen molar-refractivity contribution in [1.82, 2.24) is 25.1 Å². The molecule has 1 amide bonds. The van der Waals surface area contributed by atoms with Crippen molar-refractivity contribution in [3.63, 3.8) is 0 Å². The number of carbonyl (C=O) groups excluding carboxylic acids is 1. The highest BCUT2D eigenvalue weighted by Gasteiger charge is 2.21. The lowest BCUT2D eigenvalue weighted by molar-refractivity contribution is 0.0938. The Morgan fingerprint density at radius 1 is 1.22 bits per heavy atom. The Labute approximate surface area is 146 Å². The van der Waals surface area contributed by atoms with Gasteiger partial charge in [0.15, 0.2) is 11.5 Å². The summed E-state index contributed by atoms with van der Waals surface area (Å²) in [4.78, 5) is 12.2. The van der Waals surface area contributed by atoms with Gasteiger partial charge in [-0.25, -0.2) is 4.52 Å². The van der Waals surface area contributed by atoms with Gasteiger partial charge in [-0.1, -0.05) is 34.8 Å². The summed E-state index contributed by atoms with van der Waals surface area (Å²) in [6.45, 7) is 3.73. The minimum Gasteiger partial charge on any atom is -0.349 e. The third kappa shape index (κ3) is 2.89. The largest absolute Gasteiger partial charge is 0.349 e. The molecule has 2 aromatic heterocycles. The average molecular weight is 373 g/mol. The van der Waals surface area contributed by atoms with Gasteiger partial charge in [-0.2, -0.15) is 0 Å². The van der Waals surface area contributed by atoms with Crippen LogP contribution in [0.25, 0.3) is 17.0 Å². The van der Waals surface area contributed by atoms with Gasteiger partial charge in [0, 0.05) is 11.6 Å². The predicted molar refractivity (Wildman–Crippen MR) is 90.4 cm³/mol. The van der Waals surface area contributed by atoms with E-state index in [1.807, 2.05) is 13.8 Å². The van der Waals surface area contributed by atoms with Crippen LogP contribution in [0.5, 0.6) is 0 Å². The summed E-state index contributed by atoms with van der Waals surface area (Å²) < 4.78 is 1.54. The number of hydrogen-bond acceptors (Lipinski definition) is 3. The van der Waals surface area contributed by atoms with Crippen molar-refractivity contribution in [1.29, 1.82) is 0 Å². The third-order valence-corrected chi connectivity index (χ3v) is 4.22. The minimum absolute atomic E-state index is 0.0122. The molecule has 0 unspecified atom stereocenters. The summed E-state index contributed by atoms with van der Waals surface area (Å²) in [6, 6.07) is 5.08. The molecule has 6 nitrogen and oxygen atoms in total. The molecule has 120 valence electrons. The molecule has 3 rings (SSSR count). The predicted octanol–water partition coefficient (Wildman–Crippen LogP) is 3.82. The molecule has 2 heterocycles. The van der Waals surface area contributed by atoms with E-state index in [0.717, 1.165) is 0 Å². The zero-order valence-corrected chi connectivity index (χ0v) is 14.5. The van der Waals surface area contributed by atoms with Crippen molar-refractivity contribution < 1.29 is 4.79 Å². The van der Waals surface area contributed by atoms with E-state index in [0.29, 0.717) is 27.1 Å². The Kier molecular flexibility index (Phi) is 4.23. The molecule has 0 aliphatic rings. The normalized spacial score (nSPS) is 11.4.